The Labute approximate surface area is 132 Å². The van der Waals surface area contributed by atoms with E-state index < -0.39 is 20.7 Å². The summed E-state index contributed by atoms with van der Waals surface area (Å²) in [6.45, 7) is 0. The van der Waals surface area contributed by atoms with E-state index in [4.69, 9.17) is 5.73 Å². The second kappa shape index (κ2) is 5.71. The highest BCUT2D eigenvalue weighted by Gasteiger charge is 2.19. The molecule has 0 unspecified atom stereocenters. The minimum atomic E-state index is -4.01. The van der Waals surface area contributed by atoms with Crippen LogP contribution in [0.1, 0.15) is 0 Å². The summed E-state index contributed by atoms with van der Waals surface area (Å²) >= 11 is 6.28. The van der Waals surface area contributed by atoms with Crippen LogP contribution in [0.3, 0.4) is 0 Å². The van der Waals surface area contributed by atoms with Gasteiger partial charge in [0, 0.05) is 14.6 Å². The first-order valence-electron chi connectivity index (χ1n) is 5.32. The van der Waals surface area contributed by atoms with E-state index in [9.17, 15) is 12.8 Å². The van der Waals surface area contributed by atoms with Gasteiger partial charge >= 0.3 is 0 Å². The Bertz CT molecular complexity index is 766. The quantitative estimate of drug-likeness (QED) is 0.738. The first-order valence-corrected chi connectivity index (χ1v) is 8.39. The molecule has 0 bridgehead atoms. The Kier molecular flexibility index (Phi) is 4.36. The fraction of sp³-hybridized carbons (Fsp3) is 0. The van der Waals surface area contributed by atoms with Crippen LogP contribution < -0.4 is 10.5 Å². The molecule has 0 saturated carbocycles. The highest BCUT2D eigenvalue weighted by molar-refractivity contribution is 9.10. The van der Waals surface area contributed by atoms with Crippen LogP contribution in [-0.2, 0) is 10.0 Å². The second-order valence-corrected chi connectivity index (χ2v) is 7.34. The lowest BCUT2D eigenvalue weighted by Crippen LogP contribution is -2.14. The predicted molar refractivity (Wildman–Crippen MR) is 83.5 cm³/mol. The van der Waals surface area contributed by atoms with Gasteiger partial charge in [0.05, 0.1) is 5.69 Å². The average molecular weight is 424 g/mol. The zero-order chi connectivity index (χ0) is 14.9. The Morgan fingerprint density at radius 3 is 2.40 bits per heavy atom. The van der Waals surface area contributed by atoms with E-state index in [1.807, 2.05) is 0 Å². The van der Waals surface area contributed by atoms with Gasteiger partial charge in [0.25, 0.3) is 10.0 Å². The van der Waals surface area contributed by atoms with Gasteiger partial charge in [-0.3, -0.25) is 4.72 Å². The van der Waals surface area contributed by atoms with Crippen molar-refractivity contribution in [2.75, 3.05) is 10.5 Å². The van der Waals surface area contributed by atoms with Crippen molar-refractivity contribution in [3.05, 3.63) is 51.2 Å². The summed E-state index contributed by atoms with van der Waals surface area (Å²) in [5.41, 5.74) is 6.30. The molecule has 0 aliphatic carbocycles. The Hall–Kier alpha value is -1.12. The van der Waals surface area contributed by atoms with Crippen LogP contribution in [0.25, 0.3) is 0 Å². The normalized spacial score (nSPS) is 11.3. The van der Waals surface area contributed by atoms with E-state index in [0.717, 1.165) is 6.07 Å². The molecular weight excluding hydrogens is 415 g/mol. The molecule has 0 fully saturated rings. The lowest BCUT2D eigenvalue weighted by molar-refractivity contribution is 0.570. The number of nitrogens with two attached hydrogens (primary N) is 1. The van der Waals surface area contributed by atoms with E-state index >= 15 is 0 Å². The molecule has 4 nitrogen and oxygen atoms in total. The zero-order valence-corrected chi connectivity index (χ0v) is 13.9. The summed E-state index contributed by atoms with van der Waals surface area (Å²) in [6.07, 6.45) is 0. The van der Waals surface area contributed by atoms with Crippen LogP contribution in [0.4, 0.5) is 15.8 Å². The molecule has 0 radical (unpaired) electrons. The molecule has 0 aliphatic rings. The van der Waals surface area contributed by atoms with Crippen molar-refractivity contribution < 1.29 is 12.8 Å². The van der Waals surface area contributed by atoms with Crippen molar-refractivity contribution in [1.29, 1.82) is 0 Å². The van der Waals surface area contributed by atoms with Gasteiger partial charge < -0.3 is 5.73 Å². The van der Waals surface area contributed by atoms with E-state index in [1.165, 1.54) is 24.3 Å². The molecule has 3 N–H and O–H groups in total. The van der Waals surface area contributed by atoms with Gasteiger partial charge in [0.15, 0.2) is 0 Å². The fourth-order valence-electron chi connectivity index (χ4n) is 1.51. The molecule has 0 aromatic heterocycles. The minimum absolute atomic E-state index is 0.257. The standard InChI is InChI=1S/C12H9Br2FN2O2S/c13-7-1-4-12(10(15)5-7)20(18,19)17-8-2-3-9(14)11(16)6-8/h1-6,17H,16H2. The third-order valence-corrected chi connectivity index (χ3v) is 5.06. The number of halogens is 3. The van der Waals surface area contributed by atoms with Crippen LogP contribution >= 0.6 is 31.9 Å². The van der Waals surface area contributed by atoms with Gasteiger partial charge in [0.2, 0.25) is 0 Å². The Morgan fingerprint density at radius 2 is 1.80 bits per heavy atom. The largest absolute Gasteiger partial charge is 0.398 e. The first kappa shape index (κ1) is 15.3. The molecule has 2 aromatic carbocycles. The highest BCUT2D eigenvalue weighted by atomic mass is 79.9. The summed E-state index contributed by atoms with van der Waals surface area (Å²) in [4.78, 5) is -0.429. The fourth-order valence-corrected chi connectivity index (χ4v) is 3.20. The Balaban J connectivity index is 2.38. The zero-order valence-electron chi connectivity index (χ0n) is 9.90. The molecule has 2 rings (SSSR count). The summed E-state index contributed by atoms with van der Waals surface area (Å²) in [7, 11) is -4.01. The van der Waals surface area contributed by atoms with Crippen molar-refractivity contribution in [2.24, 2.45) is 0 Å². The number of nitrogens with one attached hydrogen (secondary N) is 1. The molecule has 0 spiro atoms. The van der Waals surface area contributed by atoms with Gasteiger partial charge in [-0.15, -0.1) is 0 Å². The molecule has 0 aliphatic heterocycles. The second-order valence-electron chi connectivity index (χ2n) is 3.92. The number of benzene rings is 2. The highest BCUT2D eigenvalue weighted by Crippen LogP contribution is 2.26. The lowest BCUT2D eigenvalue weighted by atomic mass is 10.3. The third-order valence-electron chi connectivity index (χ3n) is 2.43. The number of nitrogen functional groups attached to an aromatic ring is 1. The molecule has 0 heterocycles. The first-order chi connectivity index (χ1) is 9.29. The lowest BCUT2D eigenvalue weighted by Gasteiger charge is -2.10. The molecule has 8 heteroatoms. The number of sulfonamides is 1. The summed E-state index contributed by atoms with van der Waals surface area (Å²) in [5.74, 6) is -0.836. The van der Waals surface area contributed by atoms with Crippen LogP contribution in [0.2, 0.25) is 0 Å². The monoisotopic (exact) mass is 422 g/mol. The van der Waals surface area contributed by atoms with Crippen LogP contribution in [0.5, 0.6) is 0 Å². The van der Waals surface area contributed by atoms with Gasteiger partial charge in [-0.1, -0.05) is 15.9 Å². The smallest absolute Gasteiger partial charge is 0.264 e. The maximum atomic E-state index is 13.7. The summed E-state index contributed by atoms with van der Waals surface area (Å²) in [5, 5.41) is 0. The predicted octanol–water partition coefficient (Wildman–Crippen LogP) is 3.73. The average Bonchev–Trinajstić information content (AvgIpc) is 2.33. The van der Waals surface area contributed by atoms with Crippen LogP contribution in [-0.4, -0.2) is 8.42 Å². The van der Waals surface area contributed by atoms with Gasteiger partial charge in [0.1, 0.15) is 10.7 Å². The maximum Gasteiger partial charge on any atom is 0.264 e. The molecule has 0 amide bonds. The van der Waals surface area contributed by atoms with Crippen LogP contribution in [0.15, 0.2) is 50.2 Å². The van der Waals surface area contributed by atoms with E-state index in [0.29, 0.717) is 14.6 Å². The number of hydrogen-bond acceptors (Lipinski definition) is 3. The van der Waals surface area contributed by atoms with E-state index in [2.05, 4.69) is 36.6 Å². The van der Waals surface area contributed by atoms with Gasteiger partial charge in [-0.05, 0) is 52.3 Å². The molecule has 0 atom stereocenters. The molecular formula is C12H9Br2FN2O2S. The summed E-state index contributed by atoms with van der Waals surface area (Å²) < 4.78 is 41.3. The van der Waals surface area contributed by atoms with Gasteiger partial charge in [-0.25, -0.2) is 12.8 Å². The van der Waals surface area contributed by atoms with E-state index in [-0.39, 0.29) is 5.69 Å². The minimum Gasteiger partial charge on any atom is -0.398 e. The van der Waals surface area contributed by atoms with Crippen molar-refractivity contribution >= 4 is 53.3 Å². The molecule has 20 heavy (non-hydrogen) atoms. The van der Waals surface area contributed by atoms with Crippen molar-refractivity contribution in [3.63, 3.8) is 0 Å². The van der Waals surface area contributed by atoms with Crippen molar-refractivity contribution in [3.8, 4) is 0 Å². The van der Waals surface area contributed by atoms with E-state index in [1.54, 1.807) is 6.07 Å². The topological polar surface area (TPSA) is 72.2 Å². The van der Waals surface area contributed by atoms with Crippen molar-refractivity contribution in [1.82, 2.24) is 0 Å². The number of hydrogen-bond donors (Lipinski definition) is 2. The SMILES string of the molecule is Nc1cc(NS(=O)(=O)c2ccc(Br)cc2F)ccc1Br. The maximum absolute atomic E-state index is 13.7. The van der Waals surface area contributed by atoms with Gasteiger partial charge in [-0.2, -0.15) is 0 Å². The van der Waals surface area contributed by atoms with Crippen molar-refractivity contribution in [2.45, 2.75) is 4.90 Å². The molecule has 2 aromatic rings. The molecule has 106 valence electrons. The molecule has 0 saturated heterocycles. The third kappa shape index (κ3) is 3.31. The number of anilines is 2. The number of rotatable bonds is 3. The van der Waals surface area contributed by atoms with Crippen LogP contribution in [0, 0.1) is 5.82 Å². The Morgan fingerprint density at radius 1 is 1.10 bits per heavy atom. The summed E-state index contributed by atoms with van der Waals surface area (Å²) in [6, 6.07) is 8.29.